The van der Waals surface area contributed by atoms with Gasteiger partial charge >= 0.3 is 64.4 Å². The predicted octanol–water partition coefficient (Wildman–Crippen LogP) is 3.47. The molecule has 1 heterocycles. The zero-order valence-electron chi connectivity index (χ0n) is 19.3. The molecular formula is C26H19F3N3O2Rb. The van der Waals surface area contributed by atoms with Gasteiger partial charge in [-0.25, -0.2) is 0 Å². The molecule has 5 nitrogen and oxygen atoms in total. The van der Waals surface area contributed by atoms with Gasteiger partial charge in [-0.3, -0.25) is 9.78 Å². The van der Waals surface area contributed by atoms with Crippen LogP contribution in [0.25, 0.3) is 27.3 Å². The molecule has 35 heavy (non-hydrogen) atoms. The van der Waals surface area contributed by atoms with Crippen LogP contribution in [-0.4, -0.2) is 35.8 Å². The summed E-state index contributed by atoms with van der Waals surface area (Å²) in [5, 5.41) is 4.90. The van der Waals surface area contributed by atoms with Gasteiger partial charge in [0.25, 0.3) is 5.91 Å². The molecule has 0 spiro atoms. The fourth-order valence-corrected chi connectivity index (χ4v) is 3.49. The SMILES string of the molecule is CN(C)C(=O)c1cnc2cc([N-]C(=O)c3ccccc3-c3ccc(C(F)(F)F)cc3)ccc2c1.[Rb+]. The first-order chi connectivity index (χ1) is 16.1. The van der Waals surface area contributed by atoms with Crippen molar-refractivity contribution in [1.29, 1.82) is 0 Å². The Labute approximate surface area is 249 Å². The van der Waals surface area contributed by atoms with E-state index < -0.39 is 17.6 Å². The molecule has 0 fully saturated rings. The number of aromatic nitrogens is 1. The second kappa shape index (κ2) is 11.1. The maximum Gasteiger partial charge on any atom is 1.00 e. The molecule has 0 radical (unpaired) electrons. The molecule has 172 valence electrons. The van der Waals surface area contributed by atoms with Crippen molar-refractivity contribution >= 4 is 28.4 Å². The average Bonchev–Trinajstić information content (AvgIpc) is 2.82. The van der Waals surface area contributed by atoms with Crippen molar-refractivity contribution in [1.82, 2.24) is 9.88 Å². The molecule has 0 aliphatic carbocycles. The summed E-state index contributed by atoms with van der Waals surface area (Å²) in [5.41, 5.74) is 1.86. The van der Waals surface area contributed by atoms with Gasteiger partial charge in [0.1, 0.15) is 0 Å². The maximum absolute atomic E-state index is 13.0. The first-order valence-corrected chi connectivity index (χ1v) is 10.3. The number of halogens is 3. The largest absolute Gasteiger partial charge is 1.00 e. The van der Waals surface area contributed by atoms with Crippen molar-refractivity contribution in [3.05, 3.63) is 101 Å². The van der Waals surface area contributed by atoms with Crippen LogP contribution in [0.5, 0.6) is 0 Å². The number of pyridine rings is 1. The topological polar surface area (TPSA) is 64.4 Å². The molecule has 9 heteroatoms. The van der Waals surface area contributed by atoms with Crippen LogP contribution in [-0.2, 0) is 6.18 Å². The Morgan fingerprint density at radius 1 is 0.914 bits per heavy atom. The number of nitrogens with zero attached hydrogens (tertiary/aromatic N) is 3. The summed E-state index contributed by atoms with van der Waals surface area (Å²) < 4.78 is 38.7. The Hall–Kier alpha value is -2.39. The van der Waals surface area contributed by atoms with Gasteiger partial charge in [-0.1, -0.05) is 54.6 Å². The van der Waals surface area contributed by atoms with E-state index in [9.17, 15) is 22.8 Å². The van der Waals surface area contributed by atoms with Crippen LogP contribution in [0.1, 0.15) is 26.3 Å². The van der Waals surface area contributed by atoms with E-state index in [1.165, 1.54) is 23.2 Å². The fraction of sp³-hybridized carbons (Fsp3) is 0.115. The summed E-state index contributed by atoms with van der Waals surface area (Å²) >= 11 is 0. The second-order valence-electron chi connectivity index (χ2n) is 7.84. The van der Waals surface area contributed by atoms with Gasteiger partial charge in [0.15, 0.2) is 0 Å². The molecule has 1 aromatic heterocycles. The summed E-state index contributed by atoms with van der Waals surface area (Å²) in [6.45, 7) is 0. The van der Waals surface area contributed by atoms with Crippen LogP contribution < -0.4 is 58.2 Å². The third-order valence-electron chi connectivity index (χ3n) is 5.23. The maximum atomic E-state index is 13.0. The van der Waals surface area contributed by atoms with E-state index in [1.807, 2.05) is 0 Å². The van der Waals surface area contributed by atoms with E-state index in [1.54, 1.807) is 62.6 Å². The number of carbonyl (C=O) groups is 2. The zero-order valence-corrected chi connectivity index (χ0v) is 24.2. The van der Waals surface area contributed by atoms with Crippen LogP contribution in [0.2, 0.25) is 0 Å². The number of hydrogen-bond acceptors (Lipinski definition) is 3. The fourth-order valence-electron chi connectivity index (χ4n) is 3.49. The van der Waals surface area contributed by atoms with E-state index >= 15 is 0 Å². The molecule has 0 bridgehead atoms. The minimum atomic E-state index is -4.44. The first kappa shape index (κ1) is 27.2. The Bertz CT molecular complexity index is 1390. The predicted molar refractivity (Wildman–Crippen MR) is 124 cm³/mol. The quantitative estimate of drug-likeness (QED) is 0.393. The standard InChI is InChI=1S/C26H20F3N3O2.Rb/c1-32(2)25(34)18-13-17-9-12-20(14-23(17)30-15-18)31-24(33)22-6-4-3-5-21(22)16-7-10-19(11-8-16)26(27,28)29;/h3-15H,1-2H3,(H,30,31,33,34);/q;+1/p-1. The van der Waals surface area contributed by atoms with E-state index in [0.717, 1.165) is 17.5 Å². The van der Waals surface area contributed by atoms with Crippen molar-refractivity contribution in [2.24, 2.45) is 0 Å². The minimum absolute atomic E-state index is 0. The normalized spacial score (nSPS) is 11.0. The van der Waals surface area contributed by atoms with Gasteiger partial charge in [0.2, 0.25) is 0 Å². The van der Waals surface area contributed by atoms with Gasteiger partial charge in [0, 0.05) is 31.2 Å². The molecule has 4 aromatic rings. The molecule has 0 atom stereocenters. The summed E-state index contributed by atoms with van der Waals surface area (Å²) in [5.74, 6) is -0.701. The van der Waals surface area contributed by atoms with E-state index in [2.05, 4.69) is 10.3 Å². The van der Waals surface area contributed by atoms with Crippen LogP contribution >= 0.6 is 0 Å². The van der Waals surface area contributed by atoms with E-state index in [4.69, 9.17) is 0 Å². The molecular weight excluding hydrogens is 529 g/mol. The number of rotatable bonds is 4. The Balaban J connectivity index is 0.00000342. The smallest absolute Gasteiger partial charge is 0.623 e. The van der Waals surface area contributed by atoms with E-state index in [-0.39, 0.29) is 69.7 Å². The summed E-state index contributed by atoms with van der Waals surface area (Å²) in [7, 11) is 3.31. The molecule has 0 aliphatic heterocycles. The number of fused-ring (bicyclic) bond motifs is 1. The van der Waals surface area contributed by atoms with Crippen molar-refractivity contribution in [2.75, 3.05) is 14.1 Å². The molecule has 3 aromatic carbocycles. The molecule has 0 unspecified atom stereocenters. The summed E-state index contributed by atoms with van der Waals surface area (Å²) in [6.07, 6.45) is -2.97. The molecule has 0 saturated carbocycles. The van der Waals surface area contributed by atoms with Crippen molar-refractivity contribution in [3.63, 3.8) is 0 Å². The summed E-state index contributed by atoms with van der Waals surface area (Å²) in [6, 6.07) is 18.0. The third kappa shape index (κ3) is 6.24. The third-order valence-corrected chi connectivity index (χ3v) is 5.23. The monoisotopic (exact) mass is 547 g/mol. The van der Waals surface area contributed by atoms with E-state index in [0.29, 0.717) is 27.9 Å². The van der Waals surface area contributed by atoms with Crippen LogP contribution in [0.3, 0.4) is 0 Å². The Kier molecular flexibility index (Phi) is 8.64. The van der Waals surface area contributed by atoms with Crippen molar-refractivity contribution < 1.29 is 80.9 Å². The molecule has 2 amide bonds. The summed E-state index contributed by atoms with van der Waals surface area (Å²) in [4.78, 5) is 30.9. The molecule has 4 rings (SSSR count). The number of benzene rings is 3. The van der Waals surface area contributed by atoms with Gasteiger partial charge in [0.05, 0.1) is 22.6 Å². The second-order valence-corrected chi connectivity index (χ2v) is 7.84. The van der Waals surface area contributed by atoms with Crippen molar-refractivity contribution in [2.45, 2.75) is 6.18 Å². The average molecular weight is 548 g/mol. The number of amides is 2. The number of carbonyl (C=O) groups excluding carboxylic acids is 2. The van der Waals surface area contributed by atoms with Crippen molar-refractivity contribution in [3.8, 4) is 11.1 Å². The molecule has 0 N–H and O–H groups in total. The van der Waals surface area contributed by atoms with Gasteiger partial charge in [-0.05, 0) is 29.3 Å². The van der Waals surface area contributed by atoms with Crippen LogP contribution in [0.15, 0.2) is 79.0 Å². The van der Waals surface area contributed by atoms with Gasteiger partial charge < -0.3 is 15.0 Å². The molecule has 0 saturated heterocycles. The number of hydrogen-bond donors (Lipinski definition) is 0. The Morgan fingerprint density at radius 3 is 2.26 bits per heavy atom. The Morgan fingerprint density at radius 2 is 1.60 bits per heavy atom. The van der Waals surface area contributed by atoms with Gasteiger partial charge in [-0.2, -0.15) is 13.2 Å². The first-order valence-electron chi connectivity index (χ1n) is 10.3. The minimum Gasteiger partial charge on any atom is -0.623 e. The molecule has 0 aliphatic rings. The van der Waals surface area contributed by atoms with Gasteiger partial charge in [-0.15, -0.1) is 5.69 Å². The number of alkyl halides is 3. The van der Waals surface area contributed by atoms with Crippen LogP contribution in [0, 0.1) is 0 Å². The van der Waals surface area contributed by atoms with Crippen LogP contribution in [0.4, 0.5) is 18.9 Å². The zero-order chi connectivity index (χ0) is 24.5.